The molecule has 2 aromatic rings. The first kappa shape index (κ1) is 12.6. The van der Waals surface area contributed by atoms with Crippen LogP contribution >= 0.6 is 0 Å². The van der Waals surface area contributed by atoms with E-state index in [1.54, 1.807) is 0 Å². The van der Waals surface area contributed by atoms with Gasteiger partial charge in [0.05, 0.1) is 0 Å². The average molecular weight is 247 g/mol. The van der Waals surface area contributed by atoms with Gasteiger partial charge >= 0.3 is 0 Å². The number of hydrogen-bond acceptors (Lipinski definition) is 5. The molecule has 0 fully saturated rings. The first-order valence-corrected chi connectivity index (χ1v) is 5.97. The summed E-state index contributed by atoms with van der Waals surface area (Å²) in [6, 6.07) is 7.52. The lowest BCUT2D eigenvalue weighted by atomic mass is 10.2. The highest BCUT2D eigenvalue weighted by Crippen LogP contribution is 2.23. The van der Waals surface area contributed by atoms with Crippen molar-refractivity contribution in [3.05, 3.63) is 30.2 Å². The third-order valence-electron chi connectivity index (χ3n) is 2.42. The average Bonchev–Trinajstić information content (AvgIpc) is 2.87. The predicted octanol–water partition coefficient (Wildman–Crippen LogP) is 2.20. The normalized spacial score (nSPS) is 10.9. The Hall–Kier alpha value is -1.88. The monoisotopic (exact) mass is 247 g/mol. The molecule has 0 amide bonds. The van der Waals surface area contributed by atoms with Crippen LogP contribution in [0.3, 0.4) is 0 Å². The van der Waals surface area contributed by atoms with Crippen molar-refractivity contribution in [1.82, 2.24) is 10.2 Å². The summed E-state index contributed by atoms with van der Waals surface area (Å²) in [6.07, 6.45) is 0. The van der Waals surface area contributed by atoms with E-state index in [9.17, 15) is 0 Å². The second-order valence-corrected chi connectivity index (χ2v) is 4.26. The van der Waals surface area contributed by atoms with Gasteiger partial charge in [-0.1, -0.05) is 13.8 Å². The molecular weight excluding hydrogens is 230 g/mol. The number of nitrogens with zero attached hydrogens (tertiary/aromatic N) is 2. The summed E-state index contributed by atoms with van der Waals surface area (Å²) >= 11 is 0. The van der Waals surface area contributed by atoms with E-state index >= 15 is 0 Å². The van der Waals surface area contributed by atoms with E-state index in [0.29, 0.717) is 24.9 Å². The van der Waals surface area contributed by atoms with E-state index in [2.05, 4.69) is 10.2 Å². The van der Waals surface area contributed by atoms with Crippen molar-refractivity contribution in [1.29, 1.82) is 0 Å². The standard InChI is InChI=1S/C13H17N3O2/c1-9(2)12-15-16-13(18-12)10-3-5-11(6-4-10)17-8-7-14/h3-6,9H,7-8,14H2,1-2H3. The summed E-state index contributed by atoms with van der Waals surface area (Å²) in [5.74, 6) is 2.20. The second-order valence-electron chi connectivity index (χ2n) is 4.26. The summed E-state index contributed by atoms with van der Waals surface area (Å²) < 4.78 is 11.0. The van der Waals surface area contributed by atoms with Crippen molar-refractivity contribution in [2.75, 3.05) is 13.2 Å². The lowest BCUT2D eigenvalue weighted by Gasteiger charge is -2.04. The first-order chi connectivity index (χ1) is 8.70. The fourth-order valence-electron chi connectivity index (χ4n) is 1.46. The van der Waals surface area contributed by atoms with Crippen LogP contribution < -0.4 is 10.5 Å². The molecule has 0 spiro atoms. The molecule has 1 heterocycles. The van der Waals surface area contributed by atoms with E-state index < -0.39 is 0 Å². The Morgan fingerprint density at radius 2 is 1.94 bits per heavy atom. The van der Waals surface area contributed by atoms with Crippen molar-refractivity contribution >= 4 is 0 Å². The Balaban J connectivity index is 2.12. The van der Waals surface area contributed by atoms with Crippen LogP contribution in [0.1, 0.15) is 25.7 Å². The minimum absolute atomic E-state index is 0.235. The van der Waals surface area contributed by atoms with Gasteiger partial charge < -0.3 is 14.9 Å². The first-order valence-electron chi connectivity index (χ1n) is 5.97. The molecule has 2 N–H and O–H groups in total. The molecule has 5 nitrogen and oxygen atoms in total. The zero-order valence-electron chi connectivity index (χ0n) is 10.6. The maximum atomic E-state index is 5.57. The lowest BCUT2D eigenvalue weighted by molar-refractivity contribution is 0.328. The molecule has 1 aromatic carbocycles. The molecule has 0 radical (unpaired) electrons. The van der Waals surface area contributed by atoms with Gasteiger partial charge in [0.15, 0.2) is 0 Å². The Bertz CT molecular complexity index is 491. The SMILES string of the molecule is CC(C)c1nnc(-c2ccc(OCCN)cc2)o1. The highest BCUT2D eigenvalue weighted by molar-refractivity contribution is 5.53. The molecule has 0 aliphatic rings. The van der Waals surface area contributed by atoms with E-state index in [4.69, 9.17) is 14.9 Å². The summed E-state index contributed by atoms with van der Waals surface area (Å²) in [6.45, 7) is 5.04. The zero-order chi connectivity index (χ0) is 13.0. The van der Waals surface area contributed by atoms with Gasteiger partial charge in [-0.3, -0.25) is 0 Å². The van der Waals surface area contributed by atoms with Crippen LogP contribution in [0.5, 0.6) is 5.75 Å². The summed E-state index contributed by atoms with van der Waals surface area (Å²) in [4.78, 5) is 0. The Morgan fingerprint density at radius 1 is 1.22 bits per heavy atom. The number of aromatic nitrogens is 2. The molecule has 5 heteroatoms. The second kappa shape index (κ2) is 5.64. The van der Waals surface area contributed by atoms with Gasteiger partial charge in [-0.05, 0) is 24.3 Å². The fraction of sp³-hybridized carbons (Fsp3) is 0.385. The molecule has 0 aliphatic carbocycles. The number of benzene rings is 1. The van der Waals surface area contributed by atoms with Gasteiger partial charge in [0.1, 0.15) is 12.4 Å². The van der Waals surface area contributed by atoms with Crippen molar-refractivity contribution in [3.63, 3.8) is 0 Å². The van der Waals surface area contributed by atoms with Crippen LogP contribution in [0.4, 0.5) is 0 Å². The molecular formula is C13H17N3O2. The maximum Gasteiger partial charge on any atom is 0.247 e. The molecule has 0 bridgehead atoms. The molecule has 18 heavy (non-hydrogen) atoms. The minimum atomic E-state index is 0.235. The molecule has 1 aromatic heterocycles. The van der Waals surface area contributed by atoms with E-state index in [1.165, 1.54) is 0 Å². The summed E-state index contributed by atoms with van der Waals surface area (Å²) in [5.41, 5.74) is 6.25. The molecule has 0 atom stereocenters. The topological polar surface area (TPSA) is 74.2 Å². The van der Waals surface area contributed by atoms with Gasteiger partial charge in [0, 0.05) is 18.0 Å². The molecule has 0 saturated carbocycles. The van der Waals surface area contributed by atoms with Crippen molar-refractivity contribution < 1.29 is 9.15 Å². The Kier molecular flexibility index (Phi) is 3.94. The van der Waals surface area contributed by atoms with Gasteiger partial charge in [-0.15, -0.1) is 10.2 Å². The van der Waals surface area contributed by atoms with Crippen LogP contribution in [0.2, 0.25) is 0 Å². The van der Waals surface area contributed by atoms with E-state index in [-0.39, 0.29) is 5.92 Å². The molecule has 0 unspecified atom stereocenters. The molecule has 96 valence electrons. The van der Waals surface area contributed by atoms with E-state index in [1.807, 2.05) is 38.1 Å². The van der Waals surface area contributed by atoms with Crippen LogP contribution in [-0.4, -0.2) is 23.3 Å². The van der Waals surface area contributed by atoms with Crippen molar-refractivity contribution in [2.45, 2.75) is 19.8 Å². The smallest absolute Gasteiger partial charge is 0.247 e. The predicted molar refractivity (Wildman–Crippen MR) is 68.4 cm³/mol. The van der Waals surface area contributed by atoms with Crippen LogP contribution in [0.25, 0.3) is 11.5 Å². The largest absolute Gasteiger partial charge is 0.492 e. The van der Waals surface area contributed by atoms with Gasteiger partial charge in [0.2, 0.25) is 11.8 Å². The van der Waals surface area contributed by atoms with E-state index in [0.717, 1.165) is 11.3 Å². The lowest BCUT2D eigenvalue weighted by Crippen LogP contribution is -2.10. The number of nitrogens with two attached hydrogens (primary N) is 1. The summed E-state index contributed by atoms with van der Waals surface area (Å²) in [5, 5.41) is 8.02. The quantitative estimate of drug-likeness (QED) is 0.876. The highest BCUT2D eigenvalue weighted by atomic mass is 16.5. The third-order valence-corrected chi connectivity index (χ3v) is 2.42. The van der Waals surface area contributed by atoms with Gasteiger partial charge in [0.25, 0.3) is 0 Å². The molecule has 2 rings (SSSR count). The minimum Gasteiger partial charge on any atom is -0.492 e. The van der Waals surface area contributed by atoms with Crippen molar-refractivity contribution in [3.8, 4) is 17.2 Å². The maximum absolute atomic E-state index is 5.57. The van der Waals surface area contributed by atoms with Crippen LogP contribution in [-0.2, 0) is 0 Å². The molecule has 0 saturated heterocycles. The number of ether oxygens (including phenoxy) is 1. The zero-order valence-corrected chi connectivity index (χ0v) is 10.6. The Labute approximate surface area is 106 Å². The third kappa shape index (κ3) is 2.87. The van der Waals surface area contributed by atoms with Crippen LogP contribution in [0, 0.1) is 0 Å². The molecule has 0 aliphatic heterocycles. The number of rotatable bonds is 5. The van der Waals surface area contributed by atoms with Gasteiger partial charge in [-0.2, -0.15) is 0 Å². The highest BCUT2D eigenvalue weighted by Gasteiger charge is 2.11. The Morgan fingerprint density at radius 3 is 2.50 bits per heavy atom. The number of hydrogen-bond donors (Lipinski definition) is 1. The fourth-order valence-corrected chi connectivity index (χ4v) is 1.46. The summed E-state index contributed by atoms with van der Waals surface area (Å²) in [7, 11) is 0. The van der Waals surface area contributed by atoms with Crippen LogP contribution in [0.15, 0.2) is 28.7 Å². The van der Waals surface area contributed by atoms with Crippen molar-refractivity contribution in [2.24, 2.45) is 5.73 Å². The van der Waals surface area contributed by atoms with Gasteiger partial charge in [-0.25, -0.2) is 0 Å².